The van der Waals surface area contributed by atoms with Crippen LogP contribution in [0.2, 0.25) is 0 Å². The number of anilines is 1. The number of amides is 2. The molecule has 7 nitrogen and oxygen atoms in total. The number of aryl methyl sites for hydroxylation is 1. The summed E-state index contributed by atoms with van der Waals surface area (Å²) in [5.74, 6) is -1.58. The normalized spacial score (nSPS) is 16.8. The molecule has 136 valence electrons. The summed E-state index contributed by atoms with van der Waals surface area (Å²) >= 11 is 0. The highest BCUT2D eigenvalue weighted by atomic mass is 16.5. The van der Waals surface area contributed by atoms with Gasteiger partial charge in [0.2, 0.25) is 5.91 Å². The zero-order valence-corrected chi connectivity index (χ0v) is 14.8. The summed E-state index contributed by atoms with van der Waals surface area (Å²) in [5, 5.41) is 2.57. The summed E-state index contributed by atoms with van der Waals surface area (Å²) in [6.07, 6.45) is 0.0948. The van der Waals surface area contributed by atoms with Gasteiger partial charge in [-0.2, -0.15) is 0 Å². The molecule has 0 aromatic heterocycles. The van der Waals surface area contributed by atoms with E-state index in [4.69, 9.17) is 9.47 Å². The van der Waals surface area contributed by atoms with Gasteiger partial charge in [-0.05, 0) is 31.0 Å². The Morgan fingerprint density at radius 3 is 2.80 bits per heavy atom. The Bertz CT molecular complexity index is 659. The summed E-state index contributed by atoms with van der Waals surface area (Å²) in [6, 6.07) is 5.74. The SMILES string of the molecule is COCCNC(=O)COC(=O)[C@@H]1CC(=O)N(c2cccc(C)c2C)C1. The predicted octanol–water partition coefficient (Wildman–Crippen LogP) is 0.962. The Balaban J connectivity index is 1.90. The van der Waals surface area contributed by atoms with Gasteiger partial charge in [0.1, 0.15) is 0 Å². The quantitative estimate of drug-likeness (QED) is 0.586. The molecule has 7 heteroatoms. The van der Waals surface area contributed by atoms with Crippen molar-refractivity contribution in [3.05, 3.63) is 29.3 Å². The van der Waals surface area contributed by atoms with E-state index in [-0.39, 0.29) is 31.4 Å². The van der Waals surface area contributed by atoms with Crippen LogP contribution in [0.3, 0.4) is 0 Å². The fourth-order valence-electron chi connectivity index (χ4n) is 2.72. The van der Waals surface area contributed by atoms with E-state index in [9.17, 15) is 14.4 Å². The molecule has 0 saturated carbocycles. The van der Waals surface area contributed by atoms with Crippen molar-refractivity contribution in [3.63, 3.8) is 0 Å². The molecule has 1 aromatic carbocycles. The summed E-state index contributed by atoms with van der Waals surface area (Å²) < 4.78 is 9.85. The van der Waals surface area contributed by atoms with Gasteiger partial charge >= 0.3 is 5.97 Å². The second-order valence-corrected chi connectivity index (χ2v) is 6.07. The monoisotopic (exact) mass is 348 g/mol. The smallest absolute Gasteiger partial charge is 0.311 e. The van der Waals surface area contributed by atoms with E-state index in [1.54, 1.807) is 4.90 Å². The lowest BCUT2D eigenvalue weighted by molar-refractivity contribution is -0.152. The number of carbonyl (C=O) groups excluding carboxylic acids is 3. The summed E-state index contributed by atoms with van der Waals surface area (Å²) in [5.41, 5.74) is 2.92. The van der Waals surface area contributed by atoms with Crippen LogP contribution >= 0.6 is 0 Å². The molecule has 2 rings (SSSR count). The standard InChI is InChI=1S/C18H24N2O5/c1-12-5-4-6-15(13(12)2)20-10-14(9-17(20)22)18(23)25-11-16(21)19-7-8-24-3/h4-6,14H,7-11H2,1-3H3,(H,19,21)/t14-/m1/s1. The highest BCUT2D eigenvalue weighted by Crippen LogP contribution is 2.29. The maximum Gasteiger partial charge on any atom is 0.311 e. The molecule has 1 fully saturated rings. The average molecular weight is 348 g/mol. The van der Waals surface area contributed by atoms with Gasteiger partial charge in [0.05, 0.1) is 12.5 Å². The molecule has 0 radical (unpaired) electrons. The first-order valence-corrected chi connectivity index (χ1v) is 8.23. The van der Waals surface area contributed by atoms with E-state index in [2.05, 4.69) is 5.32 Å². The predicted molar refractivity (Wildman–Crippen MR) is 92.2 cm³/mol. The van der Waals surface area contributed by atoms with Gasteiger partial charge < -0.3 is 19.7 Å². The van der Waals surface area contributed by atoms with Gasteiger partial charge in [-0.1, -0.05) is 12.1 Å². The fourth-order valence-corrected chi connectivity index (χ4v) is 2.72. The molecule has 1 aliphatic rings. The molecule has 0 spiro atoms. The first-order chi connectivity index (χ1) is 11.9. The second kappa shape index (κ2) is 8.62. The maximum absolute atomic E-state index is 12.3. The largest absolute Gasteiger partial charge is 0.455 e. The minimum atomic E-state index is -0.556. The van der Waals surface area contributed by atoms with E-state index >= 15 is 0 Å². The topological polar surface area (TPSA) is 84.9 Å². The second-order valence-electron chi connectivity index (χ2n) is 6.07. The number of hydrogen-bond donors (Lipinski definition) is 1. The Kier molecular flexibility index (Phi) is 6.52. The van der Waals surface area contributed by atoms with Gasteiger partial charge in [-0.3, -0.25) is 14.4 Å². The molecular weight excluding hydrogens is 324 g/mol. The van der Waals surface area contributed by atoms with Crippen LogP contribution in [0.15, 0.2) is 18.2 Å². The zero-order valence-electron chi connectivity index (χ0n) is 14.8. The minimum absolute atomic E-state index is 0.0948. The lowest BCUT2D eigenvalue weighted by Crippen LogP contribution is -2.33. The van der Waals surface area contributed by atoms with Crippen molar-refractivity contribution in [2.45, 2.75) is 20.3 Å². The number of nitrogens with one attached hydrogen (secondary N) is 1. The van der Waals surface area contributed by atoms with E-state index in [0.29, 0.717) is 13.2 Å². The average Bonchev–Trinajstić information content (AvgIpc) is 2.97. The van der Waals surface area contributed by atoms with E-state index in [1.807, 2.05) is 32.0 Å². The molecule has 1 aliphatic heterocycles. The van der Waals surface area contributed by atoms with Crippen molar-refractivity contribution in [3.8, 4) is 0 Å². The summed E-state index contributed by atoms with van der Waals surface area (Å²) in [6.45, 7) is 4.60. The highest BCUT2D eigenvalue weighted by molar-refractivity contribution is 6.00. The Morgan fingerprint density at radius 1 is 1.32 bits per heavy atom. The number of nitrogens with zero attached hydrogens (tertiary/aromatic N) is 1. The minimum Gasteiger partial charge on any atom is -0.455 e. The number of carbonyl (C=O) groups is 3. The van der Waals surface area contributed by atoms with Crippen molar-refractivity contribution >= 4 is 23.5 Å². The van der Waals surface area contributed by atoms with Gasteiger partial charge in [0.15, 0.2) is 6.61 Å². The first kappa shape index (κ1) is 18.9. The lowest BCUT2D eigenvalue weighted by atomic mass is 10.1. The number of methoxy groups -OCH3 is 1. The summed E-state index contributed by atoms with van der Waals surface area (Å²) in [7, 11) is 1.53. The lowest BCUT2D eigenvalue weighted by Gasteiger charge is -2.20. The third kappa shape index (κ3) is 4.79. The van der Waals surface area contributed by atoms with Crippen LogP contribution in [0.25, 0.3) is 0 Å². The van der Waals surface area contributed by atoms with Crippen LogP contribution in [0, 0.1) is 19.8 Å². The molecular formula is C18H24N2O5. The van der Waals surface area contributed by atoms with Crippen molar-refractivity contribution in [1.29, 1.82) is 0 Å². The molecule has 1 N–H and O–H groups in total. The van der Waals surface area contributed by atoms with E-state index in [0.717, 1.165) is 16.8 Å². The van der Waals surface area contributed by atoms with Gasteiger partial charge in [-0.25, -0.2) is 0 Å². The van der Waals surface area contributed by atoms with Crippen LogP contribution in [-0.2, 0) is 23.9 Å². The molecule has 1 atom stereocenters. The third-order valence-corrected chi connectivity index (χ3v) is 4.30. The fraction of sp³-hybridized carbons (Fsp3) is 0.500. The van der Waals surface area contributed by atoms with Crippen LogP contribution in [-0.4, -0.2) is 51.2 Å². The molecule has 1 heterocycles. The van der Waals surface area contributed by atoms with Crippen LogP contribution in [0.1, 0.15) is 17.5 Å². The van der Waals surface area contributed by atoms with Crippen molar-refractivity contribution in [1.82, 2.24) is 5.32 Å². The number of rotatable bonds is 7. The van der Waals surface area contributed by atoms with Gasteiger partial charge in [0, 0.05) is 32.3 Å². The molecule has 0 unspecified atom stereocenters. The Labute approximate surface area is 147 Å². The maximum atomic E-state index is 12.3. The number of ether oxygens (including phenoxy) is 2. The van der Waals surface area contributed by atoms with Crippen LogP contribution in [0.4, 0.5) is 5.69 Å². The molecule has 25 heavy (non-hydrogen) atoms. The number of esters is 1. The van der Waals surface area contributed by atoms with Crippen molar-refractivity contribution < 1.29 is 23.9 Å². The number of hydrogen-bond acceptors (Lipinski definition) is 5. The number of benzene rings is 1. The van der Waals surface area contributed by atoms with Crippen molar-refractivity contribution in [2.75, 3.05) is 38.3 Å². The van der Waals surface area contributed by atoms with Crippen molar-refractivity contribution in [2.24, 2.45) is 5.92 Å². The van der Waals surface area contributed by atoms with Crippen LogP contribution in [0.5, 0.6) is 0 Å². The molecule has 0 bridgehead atoms. The molecule has 2 amide bonds. The third-order valence-electron chi connectivity index (χ3n) is 4.30. The summed E-state index contributed by atoms with van der Waals surface area (Å²) in [4.78, 5) is 37.6. The first-order valence-electron chi connectivity index (χ1n) is 8.23. The Hall–Kier alpha value is -2.41. The highest BCUT2D eigenvalue weighted by Gasteiger charge is 2.36. The van der Waals surface area contributed by atoms with E-state index in [1.165, 1.54) is 7.11 Å². The molecule has 1 aromatic rings. The van der Waals surface area contributed by atoms with Gasteiger partial charge in [-0.15, -0.1) is 0 Å². The molecule has 1 saturated heterocycles. The zero-order chi connectivity index (χ0) is 18.4. The van der Waals surface area contributed by atoms with E-state index < -0.39 is 11.9 Å². The Morgan fingerprint density at radius 2 is 2.08 bits per heavy atom. The van der Waals surface area contributed by atoms with Gasteiger partial charge in [0.25, 0.3) is 5.91 Å². The van der Waals surface area contributed by atoms with Crippen LogP contribution < -0.4 is 10.2 Å². The molecule has 0 aliphatic carbocycles.